The van der Waals surface area contributed by atoms with Gasteiger partial charge in [0.1, 0.15) is 6.04 Å². The molecule has 0 aromatic rings. The van der Waals surface area contributed by atoms with Crippen LogP contribution in [-0.4, -0.2) is 31.3 Å². The van der Waals surface area contributed by atoms with Gasteiger partial charge in [0.25, 0.3) is 0 Å². The fraction of sp³-hybridized carbons (Fsp3) is 0.913. The second-order valence-corrected chi connectivity index (χ2v) is 9.06. The summed E-state index contributed by atoms with van der Waals surface area (Å²) in [5.41, 5.74) is -0.101. The maximum absolute atomic E-state index is 11.9. The zero-order valence-electron chi connectivity index (χ0n) is 19.1. The average Bonchev–Trinajstić information content (AvgIpc) is 2.63. The molecule has 1 amide bonds. The van der Waals surface area contributed by atoms with Crippen molar-refractivity contribution >= 4 is 12.1 Å². The largest absolute Gasteiger partial charge is 0.464 e. The second-order valence-electron chi connectivity index (χ2n) is 9.06. The van der Waals surface area contributed by atoms with Crippen molar-refractivity contribution in [2.24, 2.45) is 5.41 Å². The molecule has 0 aliphatic carbocycles. The van der Waals surface area contributed by atoms with E-state index in [1.165, 1.54) is 64.2 Å². The van der Waals surface area contributed by atoms with Crippen molar-refractivity contribution in [1.29, 1.82) is 0 Å². The van der Waals surface area contributed by atoms with Crippen LogP contribution in [0.4, 0.5) is 4.79 Å². The van der Waals surface area contributed by atoms with Crippen LogP contribution < -0.4 is 5.32 Å². The van der Waals surface area contributed by atoms with Crippen molar-refractivity contribution in [1.82, 2.24) is 5.32 Å². The third-order valence-corrected chi connectivity index (χ3v) is 4.57. The van der Waals surface area contributed by atoms with E-state index in [2.05, 4.69) is 12.2 Å². The molecule has 0 aromatic carbocycles. The highest BCUT2D eigenvalue weighted by atomic mass is 16.6. The lowest BCUT2D eigenvalue weighted by Crippen LogP contribution is -2.40. The standard InChI is InChI=1S/C23H45NO4/c1-6-7-8-9-10-11-12-13-14-15-16-17-18-27-21(25)20(2)24-22(26)28-19-23(3,4)5/h20H,6-19H2,1-5H3,(H,24,26). The number of carbonyl (C=O) groups is 2. The van der Waals surface area contributed by atoms with E-state index in [9.17, 15) is 9.59 Å². The van der Waals surface area contributed by atoms with Crippen LogP contribution >= 0.6 is 0 Å². The van der Waals surface area contributed by atoms with Crippen molar-refractivity contribution in [2.45, 2.75) is 118 Å². The van der Waals surface area contributed by atoms with Gasteiger partial charge < -0.3 is 14.8 Å². The summed E-state index contributed by atoms with van der Waals surface area (Å²) < 4.78 is 10.3. The molecule has 1 atom stereocenters. The van der Waals surface area contributed by atoms with Gasteiger partial charge in [0.05, 0.1) is 13.2 Å². The Morgan fingerprint density at radius 2 is 1.25 bits per heavy atom. The van der Waals surface area contributed by atoms with Gasteiger partial charge in [-0.15, -0.1) is 0 Å². The lowest BCUT2D eigenvalue weighted by Gasteiger charge is -2.19. The normalized spacial score (nSPS) is 12.5. The Labute approximate surface area is 173 Å². The Hall–Kier alpha value is -1.26. The minimum absolute atomic E-state index is 0.101. The SMILES string of the molecule is CCCCCCCCCCCCCCOC(=O)C(C)NC(=O)OCC(C)(C)C. The summed E-state index contributed by atoms with van der Waals surface area (Å²) in [4.78, 5) is 23.5. The number of esters is 1. The van der Waals surface area contributed by atoms with E-state index < -0.39 is 18.1 Å². The summed E-state index contributed by atoms with van der Waals surface area (Å²) in [6.45, 7) is 10.5. The molecule has 0 aromatic heterocycles. The van der Waals surface area contributed by atoms with E-state index in [1.807, 2.05) is 20.8 Å². The van der Waals surface area contributed by atoms with Gasteiger partial charge in [-0.2, -0.15) is 0 Å². The molecule has 0 saturated carbocycles. The Bertz CT molecular complexity index is 404. The third-order valence-electron chi connectivity index (χ3n) is 4.57. The highest BCUT2D eigenvalue weighted by molar-refractivity contribution is 5.80. The number of unbranched alkanes of at least 4 members (excludes halogenated alkanes) is 11. The predicted octanol–water partition coefficient (Wildman–Crippen LogP) is 6.39. The van der Waals surface area contributed by atoms with Gasteiger partial charge in [-0.1, -0.05) is 98.3 Å². The molecule has 0 rings (SSSR count). The first-order chi connectivity index (χ1) is 13.3. The van der Waals surface area contributed by atoms with E-state index in [1.54, 1.807) is 6.92 Å². The molecule has 0 spiro atoms. The fourth-order valence-electron chi connectivity index (χ4n) is 2.80. The Kier molecular flexibility index (Phi) is 15.9. The fourth-order valence-corrected chi connectivity index (χ4v) is 2.80. The van der Waals surface area contributed by atoms with Crippen LogP contribution in [0.25, 0.3) is 0 Å². The summed E-state index contributed by atoms with van der Waals surface area (Å²) in [6, 6.07) is -0.690. The smallest absolute Gasteiger partial charge is 0.407 e. The molecule has 0 radical (unpaired) electrons. The van der Waals surface area contributed by atoms with Gasteiger partial charge >= 0.3 is 12.1 Å². The van der Waals surface area contributed by atoms with Gasteiger partial charge in [0.2, 0.25) is 0 Å². The number of ether oxygens (including phenoxy) is 2. The van der Waals surface area contributed by atoms with Gasteiger partial charge in [-0.3, -0.25) is 0 Å². The monoisotopic (exact) mass is 399 g/mol. The Morgan fingerprint density at radius 3 is 1.71 bits per heavy atom. The first-order valence-corrected chi connectivity index (χ1v) is 11.4. The number of hydrogen-bond acceptors (Lipinski definition) is 4. The number of amides is 1. The predicted molar refractivity (Wildman–Crippen MR) is 115 cm³/mol. The molecule has 1 N–H and O–H groups in total. The van der Waals surface area contributed by atoms with E-state index in [0.717, 1.165) is 12.8 Å². The van der Waals surface area contributed by atoms with E-state index >= 15 is 0 Å². The molecule has 5 heteroatoms. The van der Waals surface area contributed by atoms with Gasteiger partial charge in [0, 0.05) is 0 Å². The van der Waals surface area contributed by atoms with Crippen LogP contribution in [0.1, 0.15) is 112 Å². The summed E-state index contributed by atoms with van der Waals surface area (Å²) in [5, 5.41) is 2.51. The molecular formula is C23H45NO4. The minimum Gasteiger partial charge on any atom is -0.464 e. The molecule has 0 aliphatic heterocycles. The third kappa shape index (κ3) is 18.1. The van der Waals surface area contributed by atoms with E-state index in [0.29, 0.717) is 13.2 Å². The number of nitrogens with one attached hydrogen (secondary N) is 1. The first kappa shape index (κ1) is 26.7. The van der Waals surface area contributed by atoms with Crippen LogP contribution in [0, 0.1) is 5.41 Å². The lowest BCUT2D eigenvalue weighted by atomic mass is 9.99. The summed E-state index contributed by atoms with van der Waals surface area (Å²) in [5.74, 6) is -0.407. The van der Waals surface area contributed by atoms with Crippen molar-refractivity contribution in [3.05, 3.63) is 0 Å². The topological polar surface area (TPSA) is 64.6 Å². The molecular weight excluding hydrogens is 354 g/mol. The highest BCUT2D eigenvalue weighted by Crippen LogP contribution is 2.13. The molecule has 0 heterocycles. The van der Waals surface area contributed by atoms with Crippen molar-refractivity contribution in [2.75, 3.05) is 13.2 Å². The van der Waals surface area contributed by atoms with Gasteiger partial charge in [-0.05, 0) is 18.8 Å². The molecule has 0 saturated heterocycles. The maximum atomic E-state index is 11.9. The Morgan fingerprint density at radius 1 is 0.786 bits per heavy atom. The summed E-state index contributed by atoms with van der Waals surface area (Å²) in [6.07, 6.45) is 14.7. The van der Waals surface area contributed by atoms with E-state index in [4.69, 9.17) is 9.47 Å². The van der Waals surface area contributed by atoms with Crippen LogP contribution in [0.15, 0.2) is 0 Å². The molecule has 5 nitrogen and oxygen atoms in total. The van der Waals surface area contributed by atoms with Crippen LogP contribution in [0.3, 0.4) is 0 Å². The minimum atomic E-state index is -0.690. The number of hydrogen-bond donors (Lipinski definition) is 1. The van der Waals surface area contributed by atoms with Crippen LogP contribution in [-0.2, 0) is 14.3 Å². The quantitative estimate of drug-likeness (QED) is 0.241. The zero-order chi connectivity index (χ0) is 21.3. The molecule has 0 aliphatic rings. The molecule has 0 bridgehead atoms. The van der Waals surface area contributed by atoms with E-state index in [-0.39, 0.29) is 5.41 Å². The highest BCUT2D eigenvalue weighted by Gasteiger charge is 2.19. The second kappa shape index (κ2) is 16.7. The molecule has 166 valence electrons. The van der Waals surface area contributed by atoms with Gasteiger partial charge in [0.15, 0.2) is 0 Å². The van der Waals surface area contributed by atoms with Crippen molar-refractivity contribution in [3.8, 4) is 0 Å². The number of carbonyl (C=O) groups excluding carboxylic acids is 2. The Balaban J connectivity index is 3.50. The lowest BCUT2D eigenvalue weighted by molar-refractivity contribution is -0.145. The summed E-state index contributed by atoms with van der Waals surface area (Å²) >= 11 is 0. The molecule has 0 fully saturated rings. The number of alkyl carbamates (subject to hydrolysis) is 1. The number of rotatable bonds is 16. The maximum Gasteiger partial charge on any atom is 0.407 e. The zero-order valence-corrected chi connectivity index (χ0v) is 19.1. The van der Waals surface area contributed by atoms with Gasteiger partial charge in [-0.25, -0.2) is 9.59 Å². The average molecular weight is 400 g/mol. The molecule has 1 unspecified atom stereocenters. The van der Waals surface area contributed by atoms with Crippen LogP contribution in [0.5, 0.6) is 0 Å². The van der Waals surface area contributed by atoms with Crippen LogP contribution in [0.2, 0.25) is 0 Å². The van der Waals surface area contributed by atoms with Crippen molar-refractivity contribution < 1.29 is 19.1 Å². The molecule has 28 heavy (non-hydrogen) atoms. The first-order valence-electron chi connectivity index (χ1n) is 11.4. The van der Waals surface area contributed by atoms with Crippen molar-refractivity contribution in [3.63, 3.8) is 0 Å². The summed E-state index contributed by atoms with van der Waals surface area (Å²) in [7, 11) is 0.